The van der Waals surface area contributed by atoms with Crippen LogP contribution in [0.25, 0.3) is 16.8 Å². The average molecular weight is 457 g/mol. The van der Waals surface area contributed by atoms with E-state index in [0.717, 1.165) is 31.2 Å². The van der Waals surface area contributed by atoms with Gasteiger partial charge in [0.15, 0.2) is 15.5 Å². The second kappa shape index (κ2) is 7.23. The number of fused-ring (bicyclic) bond motifs is 3. The van der Waals surface area contributed by atoms with Crippen molar-refractivity contribution in [3.05, 3.63) is 35.9 Å². The van der Waals surface area contributed by atoms with E-state index in [1.54, 1.807) is 32.3 Å². The molecule has 0 saturated carbocycles. The van der Waals surface area contributed by atoms with Crippen LogP contribution >= 0.6 is 0 Å². The van der Waals surface area contributed by atoms with Gasteiger partial charge in [-0.3, -0.25) is 4.98 Å². The molecule has 0 unspecified atom stereocenters. The minimum atomic E-state index is -3.61. The quantitative estimate of drug-likeness (QED) is 0.542. The Morgan fingerprint density at radius 3 is 2.44 bits per heavy atom. The number of nitrogen functional groups attached to an aromatic ring is 1. The number of aromatic nitrogens is 4. The molecular weight excluding hydrogens is 428 g/mol. The van der Waals surface area contributed by atoms with E-state index in [2.05, 4.69) is 15.4 Å². The van der Waals surface area contributed by atoms with Gasteiger partial charge in [-0.25, -0.2) is 13.4 Å². The number of sulfone groups is 1. The number of pyridine rings is 1. The van der Waals surface area contributed by atoms with Gasteiger partial charge in [-0.2, -0.15) is 9.61 Å². The number of piperidine rings is 1. The summed E-state index contributed by atoms with van der Waals surface area (Å²) in [5, 5.41) is 18.1. The maximum Gasteiger partial charge on any atom is 0.180 e. The third-order valence-corrected chi connectivity index (χ3v) is 7.76. The van der Waals surface area contributed by atoms with Crippen LogP contribution < -0.4 is 11.1 Å². The van der Waals surface area contributed by atoms with Crippen molar-refractivity contribution in [2.24, 2.45) is 0 Å². The number of rotatable bonds is 4. The summed E-state index contributed by atoms with van der Waals surface area (Å²) in [5.41, 5.74) is 8.42. The van der Waals surface area contributed by atoms with Gasteiger partial charge in [-0.15, -0.1) is 0 Å². The molecule has 10 heteroatoms. The minimum Gasteiger partial charge on any atom is -0.384 e. The molecule has 0 radical (unpaired) electrons. The Balaban J connectivity index is 1.67. The number of hydrogen-bond acceptors (Lipinski definition) is 8. The Morgan fingerprint density at radius 2 is 1.88 bits per heavy atom. The number of anilines is 1. The molecule has 0 amide bonds. The summed E-state index contributed by atoms with van der Waals surface area (Å²) in [6.45, 7) is 3.36. The van der Waals surface area contributed by atoms with Crippen LogP contribution in [0.2, 0.25) is 0 Å². The molecule has 0 aromatic carbocycles. The summed E-state index contributed by atoms with van der Waals surface area (Å²) >= 11 is 0. The van der Waals surface area contributed by atoms with Crippen LogP contribution in [0.3, 0.4) is 0 Å². The predicted octanol–water partition coefficient (Wildman–Crippen LogP) is 2.00. The Hall–Kier alpha value is -2.56. The molecular formula is C22H28N6O3S. The van der Waals surface area contributed by atoms with E-state index in [-0.39, 0.29) is 16.6 Å². The molecule has 5 rings (SSSR count). The standard InChI is InChI=1S/C22H28N6O3S/c1-22(2,29)17-7-4-12(10-24-17)16-11-25-28-20(23)19(32(3,30)31)18(27-21(16)28)13-8-14-5-6-15(9-13)26-14/h4,7,10-11,13-15,26,29H,5-6,8-9,23H2,1-3H3/t13-,14-,15+. The fraction of sp³-hybridized carbons (Fsp3) is 0.500. The molecule has 32 heavy (non-hydrogen) atoms. The Kier molecular flexibility index (Phi) is 4.81. The van der Waals surface area contributed by atoms with E-state index in [0.29, 0.717) is 34.7 Å². The van der Waals surface area contributed by atoms with Gasteiger partial charge in [0.2, 0.25) is 0 Å². The molecule has 3 aromatic rings. The second-order valence-corrected chi connectivity index (χ2v) is 11.5. The van der Waals surface area contributed by atoms with Crippen molar-refractivity contribution in [3.63, 3.8) is 0 Å². The summed E-state index contributed by atoms with van der Waals surface area (Å²) in [4.78, 5) is 9.33. The highest BCUT2D eigenvalue weighted by atomic mass is 32.2. The smallest absolute Gasteiger partial charge is 0.180 e. The molecule has 2 bridgehead atoms. The van der Waals surface area contributed by atoms with Crippen molar-refractivity contribution in [3.8, 4) is 11.1 Å². The zero-order valence-corrected chi connectivity index (χ0v) is 19.2. The van der Waals surface area contributed by atoms with Crippen LogP contribution in [-0.2, 0) is 15.4 Å². The van der Waals surface area contributed by atoms with E-state index in [9.17, 15) is 13.5 Å². The molecule has 5 heterocycles. The van der Waals surface area contributed by atoms with Crippen LogP contribution in [0, 0.1) is 0 Å². The molecule has 4 N–H and O–H groups in total. The molecule has 3 aromatic heterocycles. The van der Waals surface area contributed by atoms with Crippen LogP contribution in [0.5, 0.6) is 0 Å². The van der Waals surface area contributed by atoms with Gasteiger partial charge in [0.1, 0.15) is 16.3 Å². The van der Waals surface area contributed by atoms with Crippen molar-refractivity contribution >= 4 is 21.3 Å². The molecule has 9 nitrogen and oxygen atoms in total. The van der Waals surface area contributed by atoms with Crippen LogP contribution in [0.15, 0.2) is 29.4 Å². The molecule has 2 saturated heterocycles. The number of nitrogens with one attached hydrogen (secondary N) is 1. The Morgan fingerprint density at radius 1 is 1.19 bits per heavy atom. The molecule has 0 spiro atoms. The fourth-order valence-electron chi connectivity index (χ4n) is 5.07. The molecule has 2 aliphatic rings. The number of hydrogen-bond donors (Lipinski definition) is 3. The largest absolute Gasteiger partial charge is 0.384 e. The minimum absolute atomic E-state index is 0.0178. The first kappa shape index (κ1) is 21.3. The number of nitrogens with zero attached hydrogens (tertiary/aromatic N) is 4. The van der Waals surface area contributed by atoms with Crippen molar-refractivity contribution in [2.75, 3.05) is 12.0 Å². The van der Waals surface area contributed by atoms with E-state index >= 15 is 0 Å². The van der Waals surface area contributed by atoms with E-state index in [4.69, 9.17) is 10.7 Å². The van der Waals surface area contributed by atoms with Gasteiger partial charge in [0, 0.05) is 41.6 Å². The summed E-state index contributed by atoms with van der Waals surface area (Å²) in [6, 6.07) is 4.38. The van der Waals surface area contributed by atoms with Crippen molar-refractivity contribution in [1.29, 1.82) is 0 Å². The van der Waals surface area contributed by atoms with E-state index < -0.39 is 15.4 Å². The topological polar surface area (TPSA) is 136 Å². The number of nitrogens with two attached hydrogens (primary N) is 1. The predicted molar refractivity (Wildman–Crippen MR) is 121 cm³/mol. The maximum atomic E-state index is 12.7. The summed E-state index contributed by atoms with van der Waals surface area (Å²) in [6.07, 6.45) is 8.35. The lowest BCUT2D eigenvalue weighted by molar-refractivity contribution is 0.0739. The van der Waals surface area contributed by atoms with Gasteiger partial charge in [-0.1, -0.05) is 6.07 Å². The summed E-state index contributed by atoms with van der Waals surface area (Å²) < 4.78 is 26.9. The van der Waals surface area contributed by atoms with Gasteiger partial charge >= 0.3 is 0 Å². The normalized spacial score (nSPS) is 23.7. The van der Waals surface area contributed by atoms with E-state index in [1.165, 1.54) is 10.8 Å². The zero-order chi connectivity index (χ0) is 22.8. The van der Waals surface area contributed by atoms with Gasteiger partial charge in [-0.05, 0) is 45.6 Å². The lowest BCUT2D eigenvalue weighted by Crippen LogP contribution is -2.38. The molecule has 0 aliphatic carbocycles. The molecule has 170 valence electrons. The monoisotopic (exact) mass is 456 g/mol. The molecule has 2 fully saturated rings. The SMILES string of the molecule is CC(C)(O)c1ccc(-c2cnn3c(N)c(S(C)(=O)=O)c([C@@H]4C[C@H]5CC[C@@H](C4)N5)nc23)cn1. The third-order valence-electron chi connectivity index (χ3n) is 6.60. The number of aliphatic hydroxyl groups is 1. The first-order valence-corrected chi connectivity index (χ1v) is 12.7. The highest BCUT2D eigenvalue weighted by Gasteiger charge is 2.38. The zero-order valence-electron chi connectivity index (χ0n) is 18.4. The first-order chi connectivity index (χ1) is 15.0. The van der Waals surface area contributed by atoms with Crippen LogP contribution in [0.4, 0.5) is 5.82 Å². The Bertz CT molecular complexity index is 1280. The molecule has 2 aliphatic heterocycles. The Labute approximate surface area is 187 Å². The summed E-state index contributed by atoms with van der Waals surface area (Å²) in [7, 11) is -3.61. The van der Waals surface area contributed by atoms with Crippen molar-refractivity contribution < 1.29 is 13.5 Å². The van der Waals surface area contributed by atoms with Crippen LogP contribution in [-0.4, -0.2) is 51.4 Å². The second-order valence-electron chi connectivity index (χ2n) is 9.57. The van der Waals surface area contributed by atoms with Gasteiger partial charge in [0.05, 0.1) is 17.6 Å². The lowest BCUT2D eigenvalue weighted by Gasteiger charge is -2.30. The summed E-state index contributed by atoms with van der Waals surface area (Å²) in [5.74, 6) is 0.106. The van der Waals surface area contributed by atoms with Gasteiger partial charge in [0.25, 0.3) is 0 Å². The molecule has 3 atom stereocenters. The lowest BCUT2D eigenvalue weighted by atomic mass is 9.89. The highest BCUT2D eigenvalue weighted by molar-refractivity contribution is 7.91. The fourth-order valence-corrected chi connectivity index (χ4v) is 6.13. The third kappa shape index (κ3) is 3.56. The maximum absolute atomic E-state index is 12.7. The van der Waals surface area contributed by atoms with E-state index in [1.807, 2.05) is 6.07 Å². The van der Waals surface area contributed by atoms with Crippen molar-refractivity contribution in [2.45, 2.75) is 68.0 Å². The first-order valence-electron chi connectivity index (χ1n) is 10.8. The average Bonchev–Trinajstić information content (AvgIpc) is 3.29. The highest BCUT2D eigenvalue weighted by Crippen LogP contribution is 2.41. The van der Waals surface area contributed by atoms with Gasteiger partial charge < -0.3 is 16.2 Å². The van der Waals surface area contributed by atoms with Crippen LogP contribution in [0.1, 0.15) is 56.8 Å². The van der Waals surface area contributed by atoms with Crippen molar-refractivity contribution in [1.82, 2.24) is 24.9 Å².